The first-order chi connectivity index (χ1) is 33.8. The summed E-state index contributed by atoms with van der Waals surface area (Å²) in [5.41, 5.74) is 19.2. The standard InChI is InChI=1S/C68H61N3/c1-65(2,3)39-23-29-59-51(31-39)54-35-41(67(7,8)9)33-52-47-26-25-46-45(60(47)70(59)63(52)54)24-27-48-53-34-42(68(10,11)12)37-56-55-36-40(66(4,5)6)32-49(62(55)71(61(46)48)64(53)56)38-22-28-58-50(30-38)44-20-16-17-21-57(44)69(58)43-18-14-13-15-19-43/h13-37H,1-12H3. The molecule has 0 radical (unpaired) electrons. The summed E-state index contributed by atoms with van der Waals surface area (Å²) in [4.78, 5) is 0. The third-order valence-electron chi connectivity index (χ3n) is 16.5. The van der Waals surface area contributed by atoms with Crippen molar-refractivity contribution in [3.8, 4) is 16.8 Å². The molecule has 0 aliphatic carbocycles. The number of para-hydroxylation sites is 2. The van der Waals surface area contributed by atoms with Crippen molar-refractivity contribution in [3.63, 3.8) is 0 Å². The second-order valence-electron chi connectivity index (χ2n) is 25.1. The molecule has 3 nitrogen and oxygen atoms in total. The van der Waals surface area contributed by atoms with Crippen LogP contribution in [0.1, 0.15) is 105 Å². The molecule has 14 rings (SSSR count). The number of nitrogens with zero attached hydrogens (tertiary/aromatic N) is 3. The molecule has 0 spiro atoms. The Hall–Kier alpha value is -7.36. The number of fused-ring (bicyclic) bond motifs is 18. The van der Waals surface area contributed by atoms with E-state index in [0.717, 1.165) is 0 Å². The van der Waals surface area contributed by atoms with Gasteiger partial charge in [0.25, 0.3) is 0 Å². The Morgan fingerprint density at radius 1 is 0.268 bits per heavy atom. The SMILES string of the molecule is CC(C)(C)c1ccc2c(c1)c1cc(C(C)(C)C)cc3c4ccc5c(ccc6c7cc(C(C)(C)C)cc8c9cc(C(C)(C)C)cc(-c%10ccc%11c(c%10)c%10ccccc%10n%11-c%10ccccc%10)c9n(c87)c56)c4n2c13. The molecule has 71 heavy (non-hydrogen) atoms. The Morgan fingerprint density at radius 2 is 0.676 bits per heavy atom. The molecule has 5 heterocycles. The second kappa shape index (κ2) is 13.7. The van der Waals surface area contributed by atoms with Crippen molar-refractivity contribution < 1.29 is 0 Å². The average molecular weight is 920 g/mol. The zero-order valence-corrected chi connectivity index (χ0v) is 43.3. The zero-order chi connectivity index (χ0) is 49.0. The third-order valence-corrected chi connectivity index (χ3v) is 16.5. The van der Waals surface area contributed by atoms with Gasteiger partial charge >= 0.3 is 0 Å². The van der Waals surface area contributed by atoms with Crippen molar-refractivity contribution in [1.29, 1.82) is 0 Å². The molecule has 5 aromatic heterocycles. The van der Waals surface area contributed by atoms with Gasteiger partial charge in [0.05, 0.1) is 44.1 Å². The zero-order valence-electron chi connectivity index (χ0n) is 43.3. The minimum absolute atomic E-state index is 0.00618. The van der Waals surface area contributed by atoms with E-state index in [1.54, 1.807) is 0 Å². The fourth-order valence-corrected chi connectivity index (χ4v) is 12.6. The van der Waals surface area contributed by atoms with Gasteiger partial charge in [-0.15, -0.1) is 0 Å². The van der Waals surface area contributed by atoms with Crippen LogP contribution in [-0.2, 0) is 21.7 Å². The first-order valence-corrected chi connectivity index (χ1v) is 25.8. The van der Waals surface area contributed by atoms with E-state index in [-0.39, 0.29) is 21.7 Å². The van der Waals surface area contributed by atoms with Crippen molar-refractivity contribution >= 4 is 109 Å². The normalized spacial score (nSPS) is 13.6. The van der Waals surface area contributed by atoms with Gasteiger partial charge in [0.1, 0.15) is 0 Å². The van der Waals surface area contributed by atoms with Gasteiger partial charge in [-0.2, -0.15) is 0 Å². The van der Waals surface area contributed by atoms with E-state index in [9.17, 15) is 0 Å². The Kier molecular flexibility index (Phi) is 8.22. The highest BCUT2D eigenvalue weighted by atomic mass is 15.0. The van der Waals surface area contributed by atoms with Gasteiger partial charge in [0, 0.05) is 75.9 Å². The number of rotatable bonds is 2. The fraction of sp³-hybridized carbons (Fsp3) is 0.235. The average Bonchev–Trinajstić information content (AvgIpc) is 4.12. The number of hydrogen-bond acceptors (Lipinski definition) is 0. The molecule has 0 saturated heterocycles. The van der Waals surface area contributed by atoms with Gasteiger partial charge in [-0.3, -0.25) is 0 Å². The van der Waals surface area contributed by atoms with Gasteiger partial charge in [-0.1, -0.05) is 156 Å². The Labute approximate surface area is 415 Å². The van der Waals surface area contributed by atoms with Crippen LogP contribution in [0.2, 0.25) is 0 Å². The van der Waals surface area contributed by atoms with Gasteiger partial charge in [0.15, 0.2) is 0 Å². The Bertz CT molecular complexity index is 4580. The smallest absolute Gasteiger partial charge is 0.0621 e. The molecule has 0 aliphatic heterocycles. The minimum atomic E-state index is -0.0785. The van der Waals surface area contributed by atoms with Gasteiger partial charge in [-0.05, 0) is 128 Å². The largest absolute Gasteiger partial charge is 0.309 e. The van der Waals surface area contributed by atoms with Gasteiger partial charge in [-0.25, -0.2) is 0 Å². The predicted octanol–water partition coefficient (Wildman–Crippen LogP) is 19.1. The van der Waals surface area contributed by atoms with E-state index in [0.29, 0.717) is 0 Å². The van der Waals surface area contributed by atoms with Gasteiger partial charge in [0.2, 0.25) is 0 Å². The van der Waals surface area contributed by atoms with Gasteiger partial charge < -0.3 is 13.4 Å². The third kappa shape index (κ3) is 5.78. The van der Waals surface area contributed by atoms with E-state index in [4.69, 9.17) is 0 Å². The van der Waals surface area contributed by atoms with E-state index < -0.39 is 0 Å². The van der Waals surface area contributed by atoms with Crippen molar-refractivity contribution in [2.45, 2.75) is 105 Å². The molecule has 0 amide bonds. The Balaban J connectivity index is 1.16. The van der Waals surface area contributed by atoms with Crippen LogP contribution in [-0.4, -0.2) is 13.4 Å². The molecular formula is C68H61N3. The van der Waals surface area contributed by atoms with Crippen molar-refractivity contribution in [1.82, 2.24) is 13.4 Å². The molecule has 3 heteroatoms. The monoisotopic (exact) mass is 919 g/mol. The van der Waals surface area contributed by atoms with Crippen LogP contribution in [0.5, 0.6) is 0 Å². The highest BCUT2D eigenvalue weighted by Gasteiger charge is 2.30. The van der Waals surface area contributed by atoms with Crippen molar-refractivity contribution in [2.24, 2.45) is 0 Å². The minimum Gasteiger partial charge on any atom is -0.309 e. The van der Waals surface area contributed by atoms with Crippen LogP contribution in [0.3, 0.4) is 0 Å². The van der Waals surface area contributed by atoms with E-state index in [1.165, 1.54) is 148 Å². The molecule has 348 valence electrons. The van der Waals surface area contributed by atoms with Crippen LogP contribution in [0, 0.1) is 0 Å². The summed E-state index contributed by atoms with van der Waals surface area (Å²) in [6.45, 7) is 28.2. The quantitative estimate of drug-likeness (QED) is 0.164. The molecule has 0 fully saturated rings. The van der Waals surface area contributed by atoms with Crippen molar-refractivity contribution in [3.05, 3.63) is 174 Å². The second-order valence-corrected chi connectivity index (χ2v) is 25.1. The Morgan fingerprint density at radius 3 is 1.27 bits per heavy atom. The van der Waals surface area contributed by atoms with E-state index >= 15 is 0 Å². The van der Waals surface area contributed by atoms with Crippen LogP contribution >= 0.6 is 0 Å². The maximum absolute atomic E-state index is 2.69. The number of benzene rings is 9. The predicted molar refractivity (Wildman–Crippen MR) is 308 cm³/mol. The van der Waals surface area contributed by atoms with E-state index in [1.807, 2.05) is 0 Å². The summed E-state index contributed by atoms with van der Waals surface area (Å²) >= 11 is 0. The summed E-state index contributed by atoms with van der Waals surface area (Å²) < 4.78 is 7.73. The maximum Gasteiger partial charge on any atom is 0.0621 e. The first-order valence-electron chi connectivity index (χ1n) is 25.8. The topological polar surface area (TPSA) is 13.8 Å². The molecule has 0 saturated carbocycles. The maximum atomic E-state index is 2.69. The molecule has 0 atom stereocenters. The summed E-state index contributed by atoms with van der Waals surface area (Å²) in [6.07, 6.45) is 0. The molecule has 0 bridgehead atoms. The molecule has 9 aromatic carbocycles. The van der Waals surface area contributed by atoms with Crippen LogP contribution in [0.4, 0.5) is 0 Å². The summed E-state index contributed by atoms with van der Waals surface area (Å²) in [5, 5.41) is 15.7. The molecule has 14 aromatic rings. The molecule has 0 N–H and O–H groups in total. The fourth-order valence-electron chi connectivity index (χ4n) is 12.6. The highest BCUT2D eigenvalue weighted by molar-refractivity contribution is 6.33. The first kappa shape index (κ1) is 42.5. The van der Waals surface area contributed by atoms with Crippen LogP contribution < -0.4 is 0 Å². The van der Waals surface area contributed by atoms with Crippen LogP contribution in [0.15, 0.2) is 152 Å². The summed E-state index contributed by atoms with van der Waals surface area (Å²) in [6, 6.07) is 59.1. The molecule has 0 aliphatic rings. The van der Waals surface area contributed by atoms with E-state index in [2.05, 4.69) is 248 Å². The lowest BCUT2D eigenvalue weighted by atomic mass is 9.83. The number of hydrogen-bond donors (Lipinski definition) is 0. The molecule has 0 unspecified atom stereocenters. The summed E-state index contributed by atoms with van der Waals surface area (Å²) in [7, 11) is 0. The van der Waals surface area contributed by atoms with Crippen LogP contribution in [0.25, 0.3) is 126 Å². The number of aromatic nitrogens is 3. The lowest BCUT2D eigenvalue weighted by molar-refractivity contribution is 0.590. The summed E-state index contributed by atoms with van der Waals surface area (Å²) in [5.74, 6) is 0. The molecular weight excluding hydrogens is 859 g/mol. The highest BCUT2D eigenvalue weighted by Crippen LogP contribution is 2.50. The lowest BCUT2D eigenvalue weighted by Crippen LogP contribution is -2.11. The van der Waals surface area contributed by atoms with Crippen molar-refractivity contribution in [2.75, 3.05) is 0 Å². The lowest BCUT2D eigenvalue weighted by Gasteiger charge is -2.22.